The molecule has 0 amide bonds. The van der Waals surface area contributed by atoms with Crippen LogP contribution in [0.1, 0.15) is 36.7 Å². The zero-order valence-corrected chi connectivity index (χ0v) is 13.3. The minimum atomic E-state index is -0.0879. The van der Waals surface area contributed by atoms with Gasteiger partial charge in [-0.05, 0) is 50.8 Å². The van der Waals surface area contributed by atoms with Gasteiger partial charge in [-0.1, -0.05) is 0 Å². The molecule has 0 spiro atoms. The molecular formula is C14H20ClN3S. The fourth-order valence-electron chi connectivity index (χ4n) is 2.15. The van der Waals surface area contributed by atoms with Crippen molar-refractivity contribution in [1.29, 1.82) is 0 Å². The van der Waals surface area contributed by atoms with Crippen LogP contribution in [0.4, 0.5) is 0 Å². The largest absolute Gasteiger partial charge is 0.311 e. The van der Waals surface area contributed by atoms with Crippen LogP contribution in [-0.4, -0.2) is 26.5 Å². The summed E-state index contributed by atoms with van der Waals surface area (Å²) >= 11 is 8.13. The summed E-state index contributed by atoms with van der Waals surface area (Å²) in [6.07, 6.45) is 4.49. The molecule has 1 atom stereocenters. The molecule has 2 aromatic rings. The number of rotatable bonds is 6. The normalized spacial score (nSPS) is 13.1. The van der Waals surface area contributed by atoms with Crippen LogP contribution in [0.15, 0.2) is 12.1 Å². The van der Waals surface area contributed by atoms with Gasteiger partial charge in [0.05, 0.1) is 5.38 Å². The minimum Gasteiger partial charge on any atom is -0.311 e. The Hall–Kier alpha value is -0.740. The maximum Gasteiger partial charge on any atom is 0.160 e. The second-order valence-corrected chi connectivity index (χ2v) is 6.37. The van der Waals surface area contributed by atoms with Gasteiger partial charge in [0.2, 0.25) is 0 Å². The predicted octanol–water partition coefficient (Wildman–Crippen LogP) is 4.18. The average Bonchev–Trinajstić information content (AvgIpc) is 2.73. The number of thioether (sulfide) groups is 1. The Kier molecular flexibility index (Phi) is 5.11. The van der Waals surface area contributed by atoms with Gasteiger partial charge in [0.1, 0.15) is 11.3 Å². The third-order valence-corrected chi connectivity index (χ3v) is 3.99. The van der Waals surface area contributed by atoms with Crippen molar-refractivity contribution in [3.05, 3.63) is 23.7 Å². The number of imidazole rings is 1. The van der Waals surface area contributed by atoms with Crippen molar-refractivity contribution in [3.63, 3.8) is 0 Å². The number of aryl methyl sites for hydroxylation is 2. The minimum absolute atomic E-state index is 0.0879. The summed E-state index contributed by atoms with van der Waals surface area (Å²) in [5.41, 5.74) is 2.93. The number of unbranched alkanes of at least 4 members (excludes halogenated alkanes) is 1. The maximum atomic E-state index is 6.24. The van der Waals surface area contributed by atoms with Gasteiger partial charge in [-0.15, -0.1) is 11.6 Å². The van der Waals surface area contributed by atoms with Crippen molar-refractivity contribution in [2.75, 3.05) is 12.0 Å². The first-order valence-electron chi connectivity index (χ1n) is 6.60. The molecule has 5 heteroatoms. The Labute approximate surface area is 123 Å². The zero-order chi connectivity index (χ0) is 13.8. The molecule has 0 aliphatic heterocycles. The summed E-state index contributed by atoms with van der Waals surface area (Å²) in [7, 11) is 0. The van der Waals surface area contributed by atoms with Crippen molar-refractivity contribution in [2.24, 2.45) is 0 Å². The zero-order valence-electron chi connectivity index (χ0n) is 11.7. The number of aromatic nitrogens is 3. The van der Waals surface area contributed by atoms with E-state index in [0.29, 0.717) is 0 Å². The van der Waals surface area contributed by atoms with Gasteiger partial charge in [-0.2, -0.15) is 11.8 Å². The second-order valence-electron chi connectivity index (χ2n) is 4.73. The molecule has 0 aromatic carbocycles. The molecule has 0 aliphatic carbocycles. The number of hydrogen-bond donors (Lipinski definition) is 0. The standard InChI is InChI=1S/C14H20ClN3S/c1-10-6-7-12-14(16-10)18(8-4-5-9-19-3)13(17-12)11(2)15/h6-7,11H,4-5,8-9H2,1-3H3. The van der Waals surface area contributed by atoms with E-state index in [4.69, 9.17) is 11.6 Å². The Bertz CT molecular complexity index is 551. The maximum absolute atomic E-state index is 6.24. The van der Waals surface area contributed by atoms with Gasteiger partial charge >= 0.3 is 0 Å². The lowest BCUT2D eigenvalue weighted by atomic mass is 10.3. The van der Waals surface area contributed by atoms with E-state index >= 15 is 0 Å². The van der Waals surface area contributed by atoms with Crippen molar-refractivity contribution in [1.82, 2.24) is 14.5 Å². The summed E-state index contributed by atoms with van der Waals surface area (Å²) in [4.78, 5) is 9.23. The fourth-order valence-corrected chi connectivity index (χ4v) is 2.81. The van der Waals surface area contributed by atoms with E-state index in [1.165, 1.54) is 12.2 Å². The first-order chi connectivity index (χ1) is 9.13. The van der Waals surface area contributed by atoms with Crippen molar-refractivity contribution in [2.45, 2.75) is 38.6 Å². The Balaban J connectivity index is 2.31. The molecule has 0 saturated carbocycles. The van der Waals surface area contributed by atoms with E-state index in [9.17, 15) is 0 Å². The van der Waals surface area contributed by atoms with E-state index in [-0.39, 0.29) is 5.38 Å². The molecule has 0 bridgehead atoms. The van der Waals surface area contributed by atoms with Crippen LogP contribution in [0.2, 0.25) is 0 Å². The van der Waals surface area contributed by atoms with Crippen molar-refractivity contribution < 1.29 is 0 Å². The van der Waals surface area contributed by atoms with E-state index in [1.54, 1.807) is 0 Å². The molecule has 0 fully saturated rings. The Morgan fingerprint density at radius 3 is 2.79 bits per heavy atom. The summed E-state index contributed by atoms with van der Waals surface area (Å²) in [6.45, 7) is 4.92. The quantitative estimate of drug-likeness (QED) is 0.592. The SMILES string of the molecule is CSCCCCn1c(C(C)Cl)nc2ccc(C)nc21. The summed E-state index contributed by atoms with van der Waals surface area (Å²) in [5.74, 6) is 2.13. The highest BCUT2D eigenvalue weighted by atomic mass is 35.5. The summed E-state index contributed by atoms with van der Waals surface area (Å²) < 4.78 is 2.18. The predicted molar refractivity (Wildman–Crippen MR) is 84.1 cm³/mol. The van der Waals surface area contributed by atoms with Gasteiger partial charge in [0.15, 0.2) is 5.65 Å². The molecule has 2 rings (SSSR count). The Morgan fingerprint density at radius 1 is 1.32 bits per heavy atom. The topological polar surface area (TPSA) is 30.7 Å². The monoisotopic (exact) mass is 297 g/mol. The highest BCUT2D eigenvalue weighted by Crippen LogP contribution is 2.24. The number of halogens is 1. The average molecular weight is 298 g/mol. The van der Waals surface area contributed by atoms with E-state index < -0.39 is 0 Å². The summed E-state index contributed by atoms with van der Waals surface area (Å²) in [6, 6.07) is 4.02. The molecular weight excluding hydrogens is 278 g/mol. The van der Waals surface area contributed by atoms with Crippen LogP contribution in [0, 0.1) is 6.92 Å². The summed E-state index contributed by atoms with van der Waals surface area (Å²) in [5, 5.41) is -0.0879. The van der Waals surface area contributed by atoms with Gasteiger partial charge in [0.25, 0.3) is 0 Å². The molecule has 0 aliphatic rings. The highest BCUT2D eigenvalue weighted by molar-refractivity contribution is 7.98. The number of hydrogen-bond acceptors (Lipinski definition) is 3. The lowest BCUT2D eigenvalue weighted by Gasteiger charge is -2.09. The van der Waals surface area contributed by atoms with E-state index in [1.807, 2.05) is 37.7 Å². The molecule has 104 valence electrons. The first-order valence-corrected chi connectivity index (χ1v) is 8.43. The molecule has 0 saturated heterocycles. The Morgan fingerprint density at radius 2 is 2.11 bits per heavy atom. The van der Waals surface area contributed by atoms with Crippen LogP contribution < -0.4 is 0 Å². The molecule has 1 unspecified atom stereocenters. The molecule has 2 aromatic heterocycles. The lowest BCUT2D eigenvalue weighted by Crippen LogP contribution is -2.06. The van der Waals surface area contributed by atoms with Gasteiger partial charge in [0, 0.05) is 12.2 Å². The highest BCUT2D eigenvalue weighted by Gasteiger charge is 2.15. The molecule has 3 nitrogen and oxygen atoms in total. The number of nitrogens with zero attached hydrogens (tertiary/aromatic N) is 3. The van der Waals surface area contributed by atoms with Crippen LogP contribution in [0.25, 0.3) is 11.2 Å². The van der Waals surface area contributed by atoms with E-state index in [0.717, 1.165) is 35.6 Å². The number of fused-ring (bicyclic) bond motifs is 1. The smallest absolute Gasteiger partial charge is 0.160 e. The van der Waals surface area contributed by atoms with Crippen LogP contribution in [0.3, 0.4) is 0 Å². The van der Waals surface area contributed by atoms with Gasteiger partial charge < -0.3 is 4.57 Å². The first kappa shape index (κ1) is 14.7. The van der Waals surface area contributed by atoms with E-state index in [2.05, 4.69) is 20.8 Å². The second kappa shape index (κ2) is 6.62. The van der Waals surface area contributed by atoms with Gasteiger partial charge in [-0.3, -0.25) is 0 Å². The van der Waals surface area contributed by atoms with Crippen LogP contribution in [-0.2, 0) is 6.54 Å². The molecule has 19 heavy (non-hydrogen) atoms. The molecule has 2 heterocycles. The molecule has 0 N–H and O–H groups in total. The molecule has 0 radical (unpaired) electrons. The number of alkyl halides is 1. The van der Waals surface area contributed by atoms with Crippen molar-refractivity contribution in [3.8, 4) is 0 Å². The number of pyridine rings is 1. The van der Waals surface area contributed by atoms with Crippen LogP contribution >= 0.6 is 23.4 Å². The third kappa shape index (κ3) is 3.42. The third-order valence-electron chi connectivity index (χ3n) is 3.10. The fraction of sp³-hybridized carbons (Fsp3) is 0.571. The lowest BCUT2D eigenvalue weighted by molar-refractivity contribution is 0.615. The van der Waals surface area contributed by atoms with Crippen LogP contribution in [0.5, 0.6) is 0 Å². The van der Waals surface area contributed by atoms with Crippen molar-refractivity contribution >= 4 is 34.5 Å². The van der Waals surface area contributed by atoms with Gasteiger partial charge in [-0.25, -0.2) is 9.97 Å².